The first-order chi connectivity index (χ1) is 9.53. The van der Waals surface area contributed by atoms with Gasteiger partial charge in [-0.1, -0.05) is 24.4 Å². The van der Waals surface area contributed by atoms with Crippen LogP contribution in [0.25, 0.3) is 0 Å². The Kier molecular flexibility index (Phi) is 4.86. The summed E-state index contributed by atoms with van der Waals surface area (Å²) in [5.74, 6) is 0. The summed E-state index contributed by atoms with van der Waals surface area (Å²) >= 11 is 5.98. The normalized spacial score (nSPS) is 17.2. The van der Waals surface area contributed by atoms with Crippen molar-refractivity contribution in [1.29, 1.82) is 5.26 Å². The van der Waals surface area contributed by atoms with Crippen molar-refractivity contribution >= 4 is 27.5 Å². The molecule has 1 N–H and O–H groups in total. The Bertz CT molecular complexity index is 617. The third kappa shape index (κ3) is 3.63. The predicted octanol–water partition coefficient (Wildman–Crippen LogP) is 2.74. The second-order valence-corrected chi connectivity index (χ2v) is 6.80. The minimum Gasteiger partial charge on any atom is -0.269 e. The van der Waals surface area contributed by atoms with Crippen molar-refractivity contribution < 1.29 is 8.42 Å². The molecule has 7 heteroatoms. The summed E-state index contributed by atoms with van der Waals surface area (Å²) in [5.41, 5.74) is 0.609. The molecule has 0 aliphatic carbocycles. The van der Waals surface area contributed by atoms with Crippen LogP contribution in [-0.2, 0) is 10.2 Å². The Morgan fingerprint density at radius 3 is 2.45 bits per heavy atom. The van der Waals surface area contributed by atoms with E-state index >= 15 is 0 Å². The Labute approximate surface area is 124 Å². The van der Waals surface area contributed by atoms with Crippen molar-refractivity contribution in [2.24, 2.45) is 0 Å². The number of hydrogen-bond acceptors (Lipinski definition) is 3. The summed E-state index contributed by atoms with van der Waals surface area (Å²) in [4.78, 5) is 0. The molecule has 0 aromatic heterocycles. The van der Waals surface area contributed by atoms with E-state index < -0.39 is 10.2 Å². The highest BCUT2D eigenvalue weighted by Crippen LogP contribution is 2.25. The number of halogens is 1. The lowest BCUT2D eigenvalue weighted by Gasteiger charge is -2.21. The summed E-state index contributed by atoms with van der Waals surface area (Å²) in [6.07, 6.45) is 3.84. The number of rotatable bonds is 3. The van der Waals surface area contributed by atoms with Crippen molar-refractivity contribution in [3.63, 3.8) is 0 Å². The van der Waals surface area contributed by atoms with Crippen LogP contribution in [0.5, 0.6) is 0 Å². The molecule has 1 aliphatic rings. The van der Waals surface area contributed by atoms with Gasteiger partial charge < -0.3 is 0 Å². The molecule has 108 valence electrons. The number of hydrogen-bond donors (Lipinski definition) is 1. The third-order valence-corrected chi connectivity index (χ3v) is 5.09. The van der Waals surface area contributed by atoms with E-state index in [1.165, 1.54) is 16.4 Å². The molecule has 0 radical (unpaired) electrons. The maximum absolute atomic E-state index is 12.3. The molecule has 1 aromatic carbocycles. The molecule has 0 bridgehead atoms. The minimum atomic E-state index is -3.62. The second-order valence-electron chi connectivity index (χ2n) is 4.73. The van der Waals surface area contributed by atoms with E-state index in [-0.39, 0.29) is 10.7 Å². The monoisotopic (exact) mass is 313 g/mol. The zero-order valence-corrected chi connectivity index (χ0v) is 12.5. The van der Waals surface area contributed by atoms with Crippen molar-refractivity contribution in [2.45, 2.75) is 25.7 Å². The summed E-state index contributed by atoms with van der Waals surface area (Å²) in [6, 6.07) is 6.47. The van der Waals surface area contributed by atoms with Crippen molar-refractivity contribution in [3.05, 3.63) is 28.8 Å². The number of benzene rings is 1. The first kappa shape index (κ1) is 15.1. The van der Waals surface area contributed by atoms with Crippen LogP contribution in [0.4, 0.5) is 5.69 Å². The predicted molar refractivity (Wildman–Crippen MR) is 78.8 cm³/mol. The van der Waals surface area contributed by atoms with Crippen LogP contribution >= 0.6 is 11.6 Å². The molecule has 5 nitrogen and oxygen atoms in total. The summed E-state index contributed by atoms with van der Waals surface area (Å²) < 4.78 is 28.6. The Balaban J connectivity index is 2.21. The maximum Gasteiger partial charge on any atom is 0.301 e. The van der Waals surface area contributed by atoms with Gasteiger partial charge in [0.15, 0.2) is 0 Å². The number of nitrogens with zero attached hydrogens (tertiary/aromatic N) is 2. The molecule has 0 unspecified atom stereocenters. The Morgan fingerprint density at radius 2 is 1.85 bits per heavy atom. The largest absolute Gasteiger partial charge is 0.301 e. The standard InChI is InChI=1S/C13H16ClN3O2S/c14-12-6-5-11(10-15)9-13(12)16-20(18,19)17-7-3-1-2-4-8-17/h5-6,9,16H,1-4,7-8H2. The molecule has 0 atom stereocenters. The molecule has 0 saturated carbocycles. The van der Waals surface area contributed by atoms with Crippen molar-refractivity contribution in [3.8, 4) is 6.07 Å². The van der Waals surface area contributed by atoms with Gasteiger partial charge in [0.05, 0.1) is 22.3 Å². The molecule has 1 saturated heterocycles. The molecule has 0 amide bonds. The van der Waals surface area contributed by atoms with E-state index in [0.29, 0.717) is 18.7 Å². The van der Waals surface area contributed by atoms with Crippen LogP contribution in [0, 0.1) is 11.3 Å². The van der Waals surface area contributed by atoms with Gasteiger partial charge in [-0.2, -0.15) is 18.0 Å². The quantitative estimate of drug-likeness (QED) is 0.932. The Morgan fingerprint density at radius 1 is 1.20 bits per heavy atom. The summed E-state index contributed by atoms with van der Waals surface area (Å²) in [6.45, 7) is 1.04. The van der Waals surface area contributed by atoms with Crippen molar-refractivity contribution in [2.75, 3.05) is 17.8 Å². The molecular weight excluding hydrogens is 298 g/mol. The number of anilines is 1. The molecule has 1 heterocycles. The van der Waals surface area contributed by atoms with Crippen LogP contribution in [0.15, 0.2) is 18.2 Å². The van der Waals surface area contributed by atoms with Crippen LogP contribution in [-0.4, -0.2) is 25.8 Å². The second kappa shape index (κ2) is 6.44. The zero-order chi connectivity index (χ0) is 14.6. The molecule has 20 heavy (non-hydrogen) atoms. The summed E-state index contributed by atoms with van der Waals surface area (Å²) in [7, 11) is -3.62. The molecule has 0 spiro atoms. The fraction of sp³-hybridized carbons (Fsp3) is 0.462. The highest BCUT2D eigenvalue weighted by atomic mass is 35.5. The number of nitriles is 1. The van der Waals surface area contributed by atoms with Gasteiger partial charge in [-0.05, 0) is 31.0 Å². The van der Waals surface area contributed by atoms with E-state index in [0.717, 1.165) is 25.7 Å². The SMILES string of the molecule is N#Cc1ccc(Cl)c(NS(=O)(=O)N2CCCCCC2)c1. The van der Waals surface area contributed by atoms with Crippen LogP contribution in [0.1, 0.15) is 31.2 Å². The molecule has 1 fully saturated rings. The van der Waals surface area contributed by atoms with E-state index in [4.69, 9.17) is 16.9 Å². The zero-order valence-electron chi connectivity index (χ0n) is 11.0. The van der Waals surface area contributed by atoms with E-state index in [2.05, 4.69) is 4.72 Å². The van der Waals surface area contributed by atoms with Gasteiger partial charge >= 0.3 is 10.2 Å². The highest BCUT2D eigenvalue weighted by molar-refractivity contribution is 7.90. The van der Waals surface area contributed by atoms with Gasteiger partial charge in [0.2, 0.25) is 0 Å². The fourth-order valence-corrected chi connectivity index (χ4v) is 3.69. The average molecular weight is 314 g/mol. The highest BCUT2D eigenvalue weighted by Gasteiger charge is 2.23. The first-order valence-electron chi connectivity index (χ1n) is 6.50. The van der Waals surface area contributed by atoms with Crippen LogP contribution < -0.4 is 4.72 Å². The topological polar surface area (TPSA) is 73.2 Å². The van der Waals surface area contributed by atoms with Gasteiger partial charge in [0.1, 0.15) is 0 Å². The van der Waals surface area contributed by atoms with Crippen LogP contribution in [0.2, 0.25) is 5.02 Å². The molecule has 1 aromatic rings. The average Bonchev–Trinajstić information content (AvgIpc) is 2.70. The molecular formula is C13H16ClN3O2S. The van der Waals surface area contributed by atoms with Gasteiger partial charge in [0, 0.05) is 13.1 Å². The van der Waals surface area contributed by atoms with E-state index in [1.807, 2.05) is 6.07 Å². The third-order valence-electron chi connectivity index (χ3n) is 3.24. The lowest BCUT2D eigenvalue weighted by molar-refractivity contribution is 0.427. The van der Waals surface area contributed by atoms with Crippen LogP contribution in [0.3, 0.4) is 0 Å². The number of nitrogens with one attached hydrogen (secondary N) is 1. The van der Waals surface area contributed by atoms with Crippen molar-refractivity contribution in [1.82, 2.24) is 4.31 Å². The Hall–Kier alpha value is -1.29. The van der Waals surface area contributed by atoms with Gasteiger partial charge in [-0.15, -0.1) is 0 Å². The maximum atomic E-state index is 12.3. The lowest BCUT2D eigenvalue weighted by Crippen LogP contribution is -2.36. The van der Waals surface area contributed by atoms with Gasteiger partial charge in [-0.25, -0.2) is 0 Å². The van der Waals surface area contributed by atoms with E-state index in [9.17, 15) is 8.42 Å². The van der Waals surface area contributed by atoms with Gasteiger partial charge in [-0.3, -0.25) is 4.72 Å². The smallest absolute Gasteiger partial charge is 0.269 e. The lowest BCUT2D eigenvalue weighted by atomic mass is 10.2. The molecule has 2 rings (SSSR count). The van der Waals surface area contributed by atoms with Gasteiger partial charge in [0.25, 0.3) is 0 Å². The molecule has 1 aliphatic heterocycles. The van der Waals surface area contributed by atoms with E-state index in [1.54, 1.807) is 6.07 Å². The summed E-state index contributed by atoms with van der Waals surface area (Å²) in [5, 5.41) is 9.14. The fourth-order valence-electron chi connectivity index (χ4n) is 2.16. The minimum absolute atomic E-state index is 0.245. The first-order valence-corrected chi connectivity index (χ1v) is 8.32.